The molecule has 48 heavy (non-hydrogen) atoms. The summed E-state index contributed by atoms with van der Waals surface area (Å²) >= 11 is 0. The van der Waals surface area contributed by atoms with E-state index >= 15 is 8.78 Å². The summed E-state index contributed by atoms with van der Waals surface area (Å²) in [6, 6.07) is 12.2. The summed E-state index contributed by atoms with van der Waals surface area (Å²) in [5.74, 6) is -3.92. The highest BCUT2D eigenvalue weighted by atomic mass is 32.2. The van der Waals surface area contributed by atoms with Crippen molar-refractivity contribution < 1.29 is 31.6 Å². The SMILES string of the molecule is BC(=O)[C@H](Cc1ccc(-n2c(=O)ccn(C)c2=O)cc1)NC(=O)c1cc(F)c(NS(=O)(=O)c2ccc(NC(=O)C(C)(C)C)cc2)cc1F. The Morgan fingerprint density at radius 3 is 2.12 bits per heavy atom. The maximum Gasteiger partial charge on any atom is 0.335 e. The van der Waals surface area contributed by atoms with Crippen LogP contribution in [0.3, 0.4) is 0 Å². The van der Waals surface area contributed by atoms with Crippen molar-refractivity contribution in [3.8, 4) is 5.69 Å². The summed E-state index contributed by atoms with van der Waals surface area (Å²) in [5, 5.41) is 5.02. The molecule has 0 bridgehead atoms. The zero-order valence-corrected chi connectivity index (χ0v) is 27.4. The number of sulfonamides is 1. The molecule has 4 aromatic rings. The summed E-state index contributed by atoms with van der Waals surface area (Å²) in [5.41, 5.74) is -2.66. The van der Waals surface area contributed by atoms with Gasteiger partial charge in [-0.1, -0.05) is 32.9 Å². The smallest absolute Gasteiger partial charge is 0.335 e. The zero-order valence-electron chi connectivity index (χ0n) is 26.6. The molecule has 16 heteroatoms. The Morgan fingerprint density at radius 1 is 0.917 bits per heavy atom. The van der Waals surface area contributed by atoms with Crippen LogP contribution < -0.4 is 26.6 Å². The van der Waals surface area contributed by atoms with E-state index in [1.165, 1.54) is 68.1 Å². The number of hydrogen-bond acceptors (Lipinski definition) is 7. The fourth-order valence-corrected chi connectivity index (χ4v) is 5.45. The number of hydrogen-bond donors (Lipinski definition) is 3. The van der Waals surface area contributed by atoms with Crippen molar-refractivity contribution in [2.24, 2.45) is 12.5 Å². The van der Waals surface area contributed by atoms with Crippen LogP contribution in [0.15, 0.2) is 87.4 Å². The predicted molar refractivity (Wildman–Crippen MR) is 177 cm³/mol. The molecular weight excluding hydrogens is 647 g/mol. The van der Waals surface area contributed by atoms with Gasteiger partial charge in [-0.25, -0.2) is 26.6 Å². The van der Waals surface area contributed by atoms with E-state index in [1.807, 2.05) is 4.72 Å². The molecule has 250 valence electrons. The van der Waals surface area contributed by atoms with Crippen molar-refractivity contribution in [1.29, 1.82) is 0 Å². The number of aryl methyl sites for hydroxylation is 1. The first-order valence-electron chi connectivity index (χ1n) is 14.5. The number of benzene rings is 3. The van der Waals surface area contributed by atoms with E-state index < -0.39 is 67.2 Å². The lowest BCUT2D eigenvalue weighted by molar-refractivity contribution is -0.123. The molecule has 1 atom stereocenters. The molecule has 0 saturated carbocycles. The lowest BCUT2D eigenvalue weighted by atomic mass is 9.90. The van der Waals surface area contributed by atoms with Gasteiger partial charge in [0.2, 0.25) is 5.91 Å². The molecule has 0 radical (unpaired) electrons. The predicted octanol–water partition coefficient (Wildman–Crippen LogP) is 2.10. The van der Waals surface area contributed by atoms with E-state index in [0.29, 0.717) is 23.4 Å². The van der Waals surface area contributed by atoms with Gasteiger partial charge < -0.3 is 20.0 Å². The molecule has 0 unspecified atom stereocenters. The lowest BCUT2D eigenvalue weighted by Crippen LogP contribution is -2.43. The van der Waals surface area contributed by atoms with Crippen molar-refractivity contribution >= 4 is 46.7 Å². The third-order valence-corrected chi connectivity index (χ3v) is 8.62. The van der Waals surface area contributed by atoms with Gasteiger partial charge in [-0.2, -0.15) is 0 Å². The highest BCUT2D eigenvalue weighted by molar-refractivity contribution is 7.92. The van der Waals surface area contributed by atoms with E-state index in [1.54, 1.807) is 32.9 Å². The van der Waals surface area contributed by atoms with Gasteiger partial charge in [-0.3, -0.25) is 19.1 Å². The minimum absolute atomic E-state index is 0.0519. The zero-order chi connectivity index (χ0) is 35.6. The summed E-state index contributed by atoms with van der Waals surface area (Å²) in [6.45, 7) is 5.12. The number of amides is 2. The lowest BCUT2D eigenvalue weighted by Gasteiger charge is -2.18. The fraction of sp³-hybridized carbons (Fsp3) is 0.219. The number of nitrogens with one attached hydrogen (secondary N) is 3. The minimum atomic E-state index is -4.40. The van der Waals surface area contributed by atoms with E-state index in [4.69, 9.17) is 0 Å². The molecule has 0 aliphatic rings. The molecule has 12 nitrogen and oxygen atoms in total. The standard InChI is InChI=1S/C32H32BF2N5O7S/c1-32(2,3)30(44)36-19-7-11-21(12-8-19)48(46,47)38-25-17-23(34)22(16-24(25)35)29(43)37-26(28(33)42)15-18-5-9-20(10-6-18)40-27(41)13-14-39(4)31(40)45/h5-14,16-17,26,38H,15,33H2,1-4H3,(H,36,44)(H,37,43)/t26-/m0/s1. The van der Waals surface area contributed by atoms with Crippen LogP contribution in [0.2, 0.25) is 0 Å². The van der Waals surface area contributed by atoms with Crippen LogP contribution in [0.4, 0.5) is 20.2 Å². The second-order valence-corrected chi connectivity index (χ2v) is 13.7. The molecule has 2 amide bonds. The Kier molecular flexibility index (Phi) is 10.2. The number of anilines is 2. The molecular formula is C32H32BF2N5O7S. The first-order chi connectivity index (χ1) is 22.4. The van der Waals surface area contributed by atoms with E-state index in [0.717, 1.165) is 4.57 Å². The third kappa shape index (κ3) is 8.12. The highest BCUT2D eigenvalue weighted by Gasteiger charge is 2.25. The van der Waals surface area contributed by atoms with Gasteiger partial charge >= 0.3 is 5.69 Å². The van der Waals surface area contributed by atoms with E-state index in [9.17, 15) is 32.4 Å². The van der Waals surface area contributed by atoms with Crippen LogP contribution in [-0.4, -0.2) is 48.9 Å². The molecule has 1 heterocycles. The number of halogens is 2. The molecule has 0 aliphatic carbocycles. The molecule has 0 spiro atoms. The Balaban J connectivity index is 1.47. The quantitative estimate of drug-likeness (QED) is 0.216. The van der Waals surface area contributed by atoms with Crippen LogP contribution in [0, 0.1) is 17.0 Å². The van der Waals surface area contributed by atoms with Crippen LogP contribution in [-0.2, 0) is 33.1 Å². The molecule has 0 fully saturated rings. The van der Waals surface area contributed by atoms with E-state index in [2.05, 4.69) is 10.6 Å². The Hall–Kier alpha value is -5.38. The van der Waals surface area contributed by atoms with Gasteiger partial charge in [-0.05, 0) is 54.4 Å². The number of carbonyl (C=O) groups is 3. The van der Waals surface area contributed by atoms with E-state index in [-0.39, 0.29) is 22.9 Å². The largest absolute Gasteiger partial charge is 0.343 e. The van der Waals surface area contributed by atoms with Gasteiger partial charge in [0, 0.05) is 36.5 Å². The number of nitrogens with zero attached hydrogens (tertiary/aromatic N) is 2. The van der Waals surface area contributed by atoms with Crippen molar-refractivity contribution in [2.75, 3.05) is 10.0 Å². The van der Waals surface area contributed by atoms with Crippen LogP contribution in [0.1, 0.15) is 36.7 Å². The number of aromatic nitrogens is 2. The van der Waals surface area contributed by atoms with Crippen molar-refractivity contribution in [3.05, 3.63) is 117 Å². The van der Waals surface area contributed by atoms with Crippen LogP contribution in [0.5, 0.6) is 0 Å². The average Bonchev–Trinajstić information content (AvgIpc) is 3.01. The van der Waals surface area contributed by atoms with Gasteiger partial charge in [0.25, 0.3) is 21.5 Å². The highest BCUT2D eigenvalue weighted by Crippen LogP contribution is 2.25. The first kappa shape index (κ1) is 35.5. The molecule has 4 rings (SSSR count). The molecule has 3 aromatic carbocycles. The first-order valence-corrected chi connectivity index (χ1v) is 16.0. The average molecular weight is 680 g/mol. The van der Waals surface area contributed by atoms with Gasteiger partial charge in [0.15, 0.2) is 7.85 Å². The molecule has 0 saturated heterocycles. The number of rotatable bonds is 10. The number of carbonyl (C=O) groups excluding carboxylic acids is 3. The normalized spacial score (nSPS) is 12.2. The third-order valence-electron chi connectivity index (χ3n) is 7.23. The Bertz CT molecular complexity index is 2130. The van der Waals surface area contributed by atoms with Gasteiger partial charge in [0.05, 0.1) is 27.9 Å². The summed E-state index contributed by atoms with van der Waals surface area (Å²) in [7, 11) is -1.71. The summed E-state index contributed by atoms with van der Waals surface area (Å²) in [6.07, 6.45) is 1.29. The second-order valence-electron chi connectivity index (χ2n) is 12.0. The summed E-state index contributed by atoms with van der Waals surface area (Å²) in [4.78, 5) is 61.8. The second kappa shape index (κ2) is 13.8. The van der Waals surface area contributed by atoms with Crippen LogP contribution in [0.25, 0.3) is 5.69 Å². The monoisotopic (exact) mass is 679 g/mol. The fourth-order valence-electron chi connectivity index (χ4n) is 4.39. The van der Waals surface area contributed by atoms with Crippen LogP contribution >= 0.6 is 0 Å². The van der Waals surface area contributed by atoms with Crippen molar-refractivity contribution in [2.45, 2.75) is 38.1 Å². The summed E-state index contributed by atoms with van der Waals surface area (Å²) < 4.78 is 60.0. The maximum atomic E-state index is 15.1. The Labute approximate surface area is 275 Å². The topological polar surface area (TPSA) is 165 Å². The minimum Gasteiger partial charge on any atom is -0.343 e. The molecule has 1 aromatic heterocycles. The van der Waals surface area contributed by atoms with Crippen molar-refractivity contribution in [3.63, 3.8) is 0 Å². The molecule has 3 N–H and O–H groups in total. The van der Waals surface area contributed by atoms with Gasteiger partial charge in [-0.15, -0.1) is 0 Å². The van der Waals surface area contributed by atoms with Gasteiger partial charge in [0.1, 0.15) is 17.3 Å². The Morgan fingerprint density at radius 2 is 1.54 bits per heavy atom. The maximum absolute atomic E-state index is 15.1. The molecule has 0 aliphatic heterocycles. The van der Waals surface area contributed by atoms with Crippen molar-refractivity contribution in [1.82, 2.24) is 14.5 Å².